The van der Waals surface area contributed by atoms with Crippen LogP contribution in [0.2, 0.25) is 0 Å². The van der Waals surface area contributed by atoms with Crippen LogP contribution in [0.3, 0.4) is 0 Å². The fraction of sp³-hybridized carbons (Fsp3) is 0.462. The zero-order valence-corrected chi connectivity index (χ0v) is 50.1. The van der Waals surface area contributed by atoms with Crippen molar-refractivity contribution >= 4 is 16.9 Å². The molecule has 2 aromatic rings. The molecule has 83 heavy (non-hydrogen) atoms. The molecular formula is C78H94N2O3. The van der Waals surface area contributed by atoms with Crippen molar-refractivity contribution in [1.29, 1.82) is 0 Å². The lowest BCUT2D eigenvalue weighted by molar-refractivity contribution is 0.0593. The Morgan fingerprint density at radius 3 is 2.42 bits per heavy atom. The number of ether oxygens (including phenoxy) is 3. The molecule has 9 unspecified atom stereocenters. The molecule has 1 fully saturated rings. The molecule has 0 saturated carbocycles. The SMILES string of the molecule is C=CC1=CCC(OCC(C)CCCCC2(C3=CCCCC3)C3=C(CCC=C3)c3ccc(N(C4=CCC(C5=CC6C7CC(OCCCCCCOC8=CCC(C=C)C=C8)=CC=C7N(C7C=CCCC7)C6CC5)C=C4)c4ccccc4)cc32)C=C1. The molecule has 1 heterocycles. The third kappa shape index (κ3) is 12.7. The van der Waals surface area contributed by atoms with Crippen molar-refractivity contribution in [3.8, 4) is 0 Å². The minimum atomic E-state index is -0.0911. The summed E-state index contributed by atoms with van der Waals surface area (Å²) >= 11 is 0. The molecule has 9 aliphatic carbocycles. The van der Waals surface area contributed by atoms with Gasteiger partial charge in [0.05, 0.1) is 25.1 Å². The van der Waals surface area contributed by atoms with Gasteiger partial charge in [-0.3, -0.25) is 0 Å². The Labute approximate surface area is 499 Å². The lowest BCUT2D eigenvalue weighted by atomic mass is 9.65. The van der Waals surface area contributed by atoms with E-state index in [9.17, 15) is 0 Å². The van der Waals surface area contributed by atoms with Gasteiger partial charge >= 0.3 is 0 Å². The van der Waals surface area contributed by atoms with E-state index in [1.165, 1.54) is 105 Å². The van der Waals surface area contributed by atoms with Crippen LogP contribution in [-0.2, 0) is 19.6 Å². The van der Waals surface area contributed by atoms with E-state index < -0.39 is 0 Å². The van der Waals surface area contributed by atoms with Gasteiger partial charge in [0.2, 0.25) is 0 Å². The molecule has 0 spiro atoms. The summed E-state index contributed by atoms with van der Waals surface area (Å²) in [7, 11) is 0. The highest BCUT2D eigenvalue weighted by Crippen LogP contribution is 2.59. The first-order valence-electron chi connectivity index (χ1n) is 32.9. The Kier molecular flexibility index (Phi) is 18.7. The number of likely N-dealkylation sites (tertiary alicyclic amines) is 1. The standard InChI is InChI=1S/C78H94N2O3/c1-4-58-32-42-67(43-33-58)81-51-21-6-7-22-52-82-69-46-49-77-73(55-69)72-53-61(38-48-76(72)80(77)64-28-15-10-16-29-64)60-36-39-65(40-37-60)79(63-26-13-9-14-27-63)66-41-47-71-70-30-17-18-31-74(70)78(75(71)54-66,62-24-11-8-12-25-62)50-20-19-23-57(3)56-83-68-44-34-59(5-2)35-45-68/h4-5,9,13-15,18,24,26-28,31-32,34-36,39-44,46-47,49,53-54,57-58,60,64,68,72-73,76H,1-2,6-8,10-12,16-17,19-23,25,29-30,33,37-38,45,48,50-52,55-56H2,3H3. The lowest BCUT2D eigenvalue weighted by Gasteiger charge is -2.39. The Hall–Kier alpha value is -6.30. The van der Waals surface area contributed by atoms with Crippen molar-refractivity contribution < 1.29 is 14.2 Å². The van der Waals surface area contributed by atoms with Crippen LogP contribution in [0.1, 0.15) is 166 Å². The van der Waals surface area contributed by atoms with Crippen LogP contribution in [0.25, 0.3) is 5.57 Å². The van der Waals surface area contributed by atoms with Crippen molar-refractivity contribution in [3.63, 3.8) is 0 Å². The second-order valence-corrected chi connectivity index (χ2v) is 25.7. The van der Waals surface area contributed by atoms with Crippen LogP contribution in [0, 0.1) is 29.6 Å². The van der Waals surface area contributed by atoms with E-state index in [4.69, 9.17) is 14.2 Å². The predicted octanol–water partition coefficient (Wildman–Crippen LogP) is 20.0. The van der Waals surface area contributed by atoms with Gasteiger partial charge in [0.25, 0.3) is 0 Å². The molecule has 0 bridgehead atoms. The van der Waals surface area contributed by atoms with E-state index in [1.807, 2.05) is 12.2 Å². The number of benzene rings is 2. The fourth-order valence-corrected chi connectivity index (χ4v) is 15.9. The molecule has 434 valence electrons. The summed E-state index contributed by atoms with van der Waals surface area (Å²) in [6.45, 7) is 12.6. The first kappa shape index (κ1) is 57.1. The van der Waals surface area contributed by atoms with Gasteiger partial charge in [-0.25, -0.2) is 0 Å². The molecule has 1 saturated heterocycles. The normalized spacial score (nSPS) is 28.1. The first-order valence-corrected chi connectivity index (χ1v) is 32.9. The van der Waals surface area contributed by atoms with E-state index in [-0.39, 0.29) is 11.5 Å². The molecular weight excluding hydrogens is 1010 g/mol. The van der Waals surface area contributed by atoms with Crippen molar-refractivity contribution in [1.82, 2.24) is 4.90 Å². The van der Waals surface area contributed by atoms with Gasteiger partial charge < -0.3 is 24.0 Å². The van der Waals surface area contributed by atoms with E-state index in [2.05, 4.69) is 182 Å². The summed E-state index contributed by atoms with van der Waals surface area (Å²) in [5.74, 6) is 4.51. The van der Waals surface area contributed by atoms with Crippen molar-refractivity contribution in [3.05, 3.63) is 233 Å². The predicted molar refractivity (Wildman–Crippen MR) is 347 cm³/mol. The van der Waals surface area contributed by atoms with Crippen LogP contribution in [0.15, 0.2) is 222 Å². The Bertz CT molecular complexity index is 3090. The second-order valence-electron chi connectivity index (χ2n) is 25.7. The van der Waals surface area contributed by atoms with Crippen molar-refractivity contribution in [2.45, 2.75) is 178 Å². The maximum Gasteiger partial charge on any atom is 0.115 e. The number of nitrogens with zero attached hydrogens (tertiary/aromatic N) is 2. The summed E-state index contributed by atoms with van der Waals surface area (Å²) in [6, 6.07) is 19.9. The minimum absolute atomic E-state index is 0.0911. The van der Waals surface area contributed by atoms with Gasteiger partial charge in [0.15, 0.2) is 0 Å². The molecule has 0 N–H and O–H groups in total. The summed E-state index contributed by atoms with van der Waals surface area (Å²) in [5, 5.41) is 0. The van der Waals surface area contributed by atoms with Crippen molar-refractivity contribution in [2.24, 2.45) is 29.6 Å². The smallest absolute Gasteiger partial charge is 0.115 e. The van der Waals surface area contributed by atoms with Gasteiger partial charge in [-0.2, -0.15) is 0 Å². The highest BCUT2D eigenvalue weighted by molar-refractivity contribution is 5.88. The zero-order chi connectivity index (χ0) is 56.4. The third-order valence-electron chi connectivity index (χ3n) is 20.3. The molecule has 0 aromatic heterocycles. The monoisotopic (exact) mass is 1110 g/mol. The molecule has 9 atom stereocenters. The van der Waals surface area contributed by atoms with Crippen LogP contribution in [0.5, 0.6) is 0 Å². The van der Waals surface area contributed by atoms with Gasteiger partial charge in [-0.15, -0.1) is 6.58 Å². The highest BCUT2D eigenvalue weighted by atomic mass is 16.5. The van der Waals surface area contributed by atoms with E-state index in [0.717, 1.165) is 103 Å². The quantitative estimate of drug-likeness (QED) is 0.0731. The fourth-order valence-electron chi connectivity index (χ4n) is 15.9. The van der Waals surface area contributed by atoms with Gasteiger partial charge in [0, 0.05) is 71.0 Å². The maximum atomic E-state index is 6.64. The first-order chi connectivity index (χ1) is 41.0. The van der Waals surface area contributed by atoms with E-state index in [0.29, 0.717) is 41.7 Å². The molecule has 5 nitrogen and oxygen atoms in total. The Balaban J connectivity index is 0.738. The molecule has 10 aliphatic rings. The number of fused-ring (bicyclic) bond motifs is 5. The maximum absolute atomic E-state index is 6.64. The molecule has 0 amide bonds. The van der Waals surface area contributed by atoms with Gasteiger partial charge in [-0.1, -0.05) is 147 Å². The molecule has 2 aromatic carbocycles. The number of allylic oxidation sites excluding steroid dienone is 22. The summed E-state index contributed by atoms with van der Waals surface area (Å²) in [5.41, 5.74) is 16.0. The van der Waals surface area contributed by atoms with Crippen LogP contribution in [-0.4, -0.2) is 42.9 Å². The number of para-hydroxylation sites is 1. The van der Waals surface area contributed by atoms with Crippen LogP contribution < -0.4 is 4.90 Å². The highest BCUT2D eigenvalue weighted by Gasteiger charge is 2.50. The average Bonchev–Trinajstić information content (AvgIpc) is 2.49. The Morgan fingerprint density at radius 2 is 1.65 bits per heavy atom. The van der Waals surface area contributed by atoms with Crippen molar-refractivity contribution in [2.75, 3.05) is 24.7 Å². The van der Waals surface area contributed by atoms with E-state index >= 15 is 0 Å². The largest absolute Gasteiger partial charge is 0.498 e. The number of hydrogen-bond acceptors (Lipinski definition) is 5. The van der Waals surface area contributed by atoms with Gasteiger partial charge in [0.1, 0.15) is 5.76 Å². The zero-order valence-electron chi connectivity index (χ0n) is 50.1. The Morgan fingerprint density at radius 1 is 0.747 bits per heavy atom. The summed E-state index contributed by atoms with van der Waals surface area (Å²) in [4.78, 5) is 5.45. The minimum Gasteiger partial charge on any atom is -0.498 e. The lowest BCUT2D eigenvalue weighted by Crippen LogP contribution is -2.41. The molecule has 1 aliphatic heterocycles. The summed E-state index contributed by atoms with van der Waals surface area (Å²) in [6.07, 6.45) is 71.5. The van der Waals surface area contributed by atoms with Gasteiger partial charge in [-0.05, 0) is 223 Å². The second kappa shape index (κ2) is 27.2. The topological polar surface area (TPSA) is 34.2 Å². The number of unbranched alkanes of at least 4 members (excludes halogenated alkanes) is 4. The van der Waals surface area contributed by atoms with Crippen LogP contribution >= 0.6 is 0 Å². The molecule has 12 rings (SSSR count). The van der Waals surface area contributed by atoms with Crippen LogP contribution in [0.4, 0.5) is 11.4 Å². The van der Waals surface area contributed by atoms with E-state index in [1.54, 1.807) is 33.6 Å². The number of anilines is 2. The number of rotatable bonds is 25. The summed E-state index contributed by atoms with van der Waals surface area (Å²) < 4.78 is 19.1. The molecule has 5 heteroatoms. The molecule has 0 radical (unpaired) electrons. The number of hydrogen-bond donors (Lipinski definition) is 0. The average molecular weight is 1110 g/mol. The third-order valence-corrected chi connectivity index (χ3v) is 20.3.